The average molecular weight is 600 g/mol. The third-order valence-corrected chi connectivity index (χ3v) is 9.17. The number of carbonyl (C=O) groups is 2. The van der Waals surface area contributed by atoms with Gasteiger partial charge >= 0.3 is 12.1 Å². The molecule has 1 saturated carbocycles. The molecule has 1 aromatic heterocycles. The van der Waals surface area contributed by atoms with Crippen LogP contribution >= 0.6 is 0 Å². The molecule has 1 aliphatic rings. The van der Waals surface area contributed by atoms with Gasteiger partial charge in [0.25, 0.3) is 5.91 Å². The molecule has 0 aliphatic heterocycles. The first kappa shape index (κ1) is 32.7. The minimum atomic E-state index is -4.96. The normalized spacial score (nSPS) is 15.6. The first-order valence-electron chi connectivity index (χ1n) is 13.7. The Labute approximate surface area is 239 Å². The highest BCUT2D eigenvalue weighted by Crippen LogP contribution is 2.39. The van der Waals surface area contributed by atoms with Crippen LogP contribution in [-0.2, 0) is 27.5 Å². The fraction of sp³-hybridized carbons (Fsp3) is 0.586. The Balaban J connectivity index is 2.13. The van der Waals surface area contributed by atoms with Crippen molar-refractivity contribution in [2.75, 3.05) is 6.54 Å². The van der Waals surface area contributed by atoms with Gasteiger partial charge in [0.15, 0.2) is 0 Å². The van der Waals surface area contributed by atoms with Gasteiger partial charge in [-0.05, 0) is 84.1 Å². The number of aliphatic carboxylic acids is 1. The molecule has 0 radical (unpaired) electrons. The van der Waals surface area contributed by atoms with E-state index in [-0.39, 0.29) is 23.6 Å². The molecule has 0 spiro atoms. The Morgan fingerprint density at radius 1 is 1.02 bits per heavy atom. The molecular weight excluding hydrogens is 559 g/mol. The standard InChI is InChI=1S/C29H40F3N3O5S/c1-18-21(25(36)33-17-28(5,6)26(37)38)15-23(35(18)16-19-10-8-7-9-11-19)20-12-13-24(22(14-20)29(30,31)32)41(39,40)34-27(2,3)4/h12-15,19,34H,7-11,16-17H2,1-6H3,(H,33,36)(H,37,38). The van der Waals surface area contributed by atoms with Gasteiger partial charge in [-0.2, -0.15) is 13.2 Å². The molecule has 0 bridgehead atoms. The molecule has 3 rings (SSSR count). The third-order valence-electron chi connectivity index (χ3n) is 7.36. The van der Waals surface area contributed by atoms with Crippen molar-refractivity contribution in [1.29, 1.82) is 0 Å². The molecule has 41 heavy (non-hydrogen) atoms. The molecule has 1 aromatic carbocycles. The summed E-state index contributed by atoms with van der Waals surface area (Å²) in [5.74, 6) is -1.35. The highest BCUT2D eigenvalue weighted by molar-refractivity contribution is 7.89. The van der Waals surface area contributed by atoms with Gasteiger partial charge in [0, 0.05) is 30.0 Å². The fourth-order valence-electron chi connectivity index (χ4n) is 5.05. The van der Waals surface area contributed by atoms with E-state index >= 15 is 0 Å². The number of halogens is 3. The highest BCUT2D eigenvalue weighted by atomic mass is 32.2. The summed E-state index contributed by atoms with van der Waals surface area (Å²) >= 11 is 0. The molecule has 1 aliphatic carbocycles. The van der Waals surface area contributed by atoms with Crippen molar-refractivity contribution in [1.82, 2.24) is 14.6 Å². The number of amides is 1. The maximum absolute atomic E-state index is 14.3. The van der Waals surface area contributed by atoms with E-state index in [0.29, 0.717) is 17.9 Å². The lowest BCUT2D eigenvalue weighted by atomic mass is 9.89. The van der Waals surface area contributed by atoms with Gasteiger partial charge in [0.05, 0.1) is 21.4 Å². The second kappa shape index (κ2) is 11.8. The van der Waals surface area contributed by atoms with Gasteiger partial charge in [0.1, 0.15) is 0 Å². The summed E-state index contributed by atoms with van der Waals surface area (Å²) in [4.78, 5) is 23.8. The van der Waals surface area contributed by atoms with Crippen molar-refractivity contribution in [3.8, 4) is 11.3 Å². The van der Waals surface area contributed by atoms with Crippen LogP contribution in [0.5, 0.6) is 0 Å². The monoisotopic (exact) mass is 599 g/mol. The van der Waals surface area contributed by atoms with Gasteiger partial charge < -0.3 is 15.0 Å². The van der Waals surface area contributed by atoms with E-state index in [2.05, 4.69) is 10.0 Å². The average Bonchev–Trinajstić information content (AvgIpc) is 3.16. The molecule has 228 valence electrons. The molecular formula is C29H40F3N3O5S. The first-order chi connectivity index (χ1) is 18.7. The number of hydrogen-bond donors (Lipinski definition) is 3. The lowest BCUT2D eigenvalue weighted by Crippen LogP contribution is -2.41. The molecule has 8 nitrogen and oxygen atoms in total. The summed E-state index contributed by atoms with van der Waals surface area (Å²) in [6, 6.07) is 4.60. The molecule has 0 atom stereocenters. The minimum Gasteiger partial charge on any atom is -0.481 e. The lowest BCUT2D eigenvalue weighted by Gasteiger charge is -2.25. The number of nitrogens with one attached hydrogen (secondary N) is 2. The number of carboxylic acid groups (broad SMARTS) is 1. The third kappa shape index (κ3) is 7.91. The van der Waals surface area contributed by atoms with Crippen LogP contribution in [-0.4, -0.2) is 42.1 Å². The summed E-state index contributed by atoms with van der Waals surface area (Å²) in [7, 11) is -4.50. The summed E-state index contributed by atoms with van der Waals surface area (Å²) < 4.78 is 72.7. The summed E-state index contributed by atoms with van der Waals surface area (Å²) in [6.07, 6.45) is 0.154. The van der Waals surface area contributed by atoms with Gasteiger partial charge in [-0.15, -0.1) is 0 Å². The van der Waals surface area contributed by atoms with Crippen LogP contribution in [0, 0.1) is 18.3 Å². The predicted molar refractivity (Wildman–Crippen MR) is 150 cm³/mol. The van der Waals surface area contributed by atoms with Crippen LogP contribution in [0.3, 0.4) is 0 Å². The number of hydrogen-bond acceptors (Lipinski definition) is 4. The van der Waals surface area contributed by atoms with E-state index in [9.17, 15) is 36.3 Å². The number of benzene rings is 1. The Morgan fingerprint density at radius 3 is 2.17 bits per heavy atom. The molecule has 1 fully saturated rings. The number of nitrogens with zero attached hydrogens (tertiary/aromatic N) is 1. The maximum atomic E-state index is 14.3. The second-order valence-corrected chi connectivity index (χ2v) is 14.2. The van der Waals surface area contributed by atoms with Crippen LogP contribution in [0.15, 0.2) is 29.2 Å². The van der Waals surface area contributed by atoms with Crippen LogP contribution in [0.25, 0.3) is 11.3 Å². The van der Waals surface area contributed by atoms with E-state index in [1.807, 2.05) is 4.57 Å². The van der Waals surface area contributed by atoms with Crippen molar-refractivity contribution in [2.24, 2.45) is 11.3 Å². The van der Waals surface area contributed by atoms with Crippen LogP contribution in [0.4, 0.5) is 13.2 Å². The van der Waals surface area contributed by atoms with E-state index in [4.69, 9.17) is 0 Å². The minimum absolute atomic E-state index is 0.121. The smallest absolute Gasteiger partial charge is 0.417 e. The predicted octanol–water partition coefficient (Wildman–Crippen LogP) is 5.98. The molecule has 3 N–H and O–H groups in total. The maximum Gasteiger partial charge on any atom is 0.417 e. The zero-order valence-corrected chi connectivity index (χ0v) is 25.2. The molecule has 0 saturated heterocycles. The van der Waals surface area contributed by atoms with E-state index in [1.54, 1.807) is 6.92 Å². The largest absolute Gasteiger partial charge is 0.481 e. The van der Waals surface area contributed by atoms with E-state index in [0.717, 1.165) is 44.2 Å². The summed E-state index contributed by atoms with van der Waals surface area (Å²) in [6.45, 7) is 9.62. The molecule has 1 amide bonds. The van der Waals surface area contributed by atoms with Gasteiger partial charge in [-0.25, -0.2) is 13.1 Å². The van der Waals surface area contributed by atoms with Gasteiger partial charge in [0.2, 0.25) is 10.0 Å². The van der Waals surface area contributed by atoms with Crippen molar-refractivity contribution < 1.29 is 36.3 Å². The lowest BCUT2D eigenvalue weighted by molar-refractivity contribution is -0.146. The number of sulfonamides is 1. The topological polar surface area (TPSA) is 118 Å². The van der Waals surface area contributed by atoms with Crippen molar-refractivity contribution >= 4 is 21.9 Å². The van der Waals surface area contributed by atoms with Crippen LogP contribution in [0.1, 0.15) is 88.3 Å². The zero-order chi connectivity index (χ0) is 31.0. The number of carboxylic acids is 1. The number of alkyl halides is 3. The second-order valence-electron chi connectivity index (χ2n) is 12.6. The highest BCUT2D eigenvalue weighted by Gasteiger charge is 2.39. The molecule has 0 unspecified atom stereocenters. The number of rotatable bonds is 9. The molecule has 12 heteroatoms. The van der Waals surface area contributed by atoms with Crippen LogP contribution < -0.4 is 10.0 Å². The first-order valence-corrected chi connectivity index (χ1v) is 15.2. The van der Waals surface area contributed by atoms with Gasteiger partial charge in [-0.3, -0.25) is 9.59 Å². The molecule has 2 aromatic rings. The van der Waals surface area contributed by atoms with Crippen LogP contribution in [0.2, 0.25) is 0 Å². The fourth-order valence-corrected chi connectivity index (χ4v) is 6.68. The van der Waals surface area contributed by atoms with Crippen molar-refractivity contribution in [2.45, 2.75) is 96.8 Å². The Bertz CT molecular complexity index is 1400. The quantitative estimate of drug-likeness (QED) is 0.328. The van der Waals surface area contributed by atoms with Crippen molar-refractivity contribution in [3.05, 3.63) is 41.1 Å². The zero-order valence-electron chi connectivity index (χ0n) is 24.4. The molecule has 1 heterocycles. The van der Waals surface area contributed by atoms with Crippen molar-refractivity contribution in [3.63, 3.8) is 0 Å². The SMILES string of the molecule is Cc1c(C(=O)NCC(C)(C)C(=O)O)cc(-c2ccc(S(=O)(=O)NC(C)(C)C)c(C(F)(F)F)c2)n1CC1CCCCC1. The summed E-state index contributed by atoms with van der Waals surface area (Å²) in [5.41, 5.74) is -2.29. The van der Waals surface area contributed by atoms with Gasteiger partial charge in [-0.1, -0.05) is 25.3 Å². The number of carbonyl (C=O) groups excluding carboxylic acids is 1. The summed E-state index contributed by atoms with van der Waals surface area (Å²) in [5, 5.41) is 12.0. The van der Waals surface area contributed by atoms with E-state index < -0.39 is 49.5 Å². The number of aromatic nitrogens is 1. The Kier molecular flexibility index (Phi) is 9.39. The Morgan fingerprint density at radius 2 is 1.63 bits per heavy atom. The Hall–Kier alpha value is -2.86. The van der Waals surface area contributed by atoms with E-state index in [1.165, 1.54) is 46.8 Å².